The molecule has 2 aliphatic heterocycles. The minimum absolute atomic E-state index is 0.00283. The highest BCUT2D eigenvalue weighted by molar-refractivity contribution is 6.05. The van der Waals surface area contributed by atoms with Gasteiger partial charge < -0.3 is 24.6 Å². The molecule has 2 heterocycles. The van der Waals surface area contributed by atoms with Crippen LogP contribution in [-0.2, 0) is 4.74 Å². The number of nitrogens with one attached hydrogen (secondary N) is 1. The van der Waals surface area contributed by atoms with Gasteiger partial charge in [-0.15, -0.1) is 0 Å². The van der Waals surface area contributed by atoms with Crippen molar-refractivity contribution in [3.63, 3.8) is 0 Å². The summed E-state index contributed by atoms with van der Waals surface area (Å²) in [4.78, 5) is 29.5. The summed E-state index contributed by atoms with van der Waals surface area (Å²) in [5.74, 6) is 0.485. The predicted octanol–water partition coefficient (Wildman–Crippen LogP) is 2.88. The SMILES string of the molecule is CN1CCN(C(=O)c2cccc(NC(=O)c3ccc(OCC4CCCO4)cc3)c2)CC1. The molecule has 2 fully saturated rings. The molecule has 0 saturated carbocycles. The highest BCUT2D eigenvalue weighted by atomic mass is 16.5. The fraction of sp³-hybridized carbons (Fsp3) is 0.417. The van der Waals surface area contributed by atoms with Gasteiger partial charge in [0.05, 0.1) is 6.10 Å². The van der Waals surface area contributed by atoms with Crippen LogP contribution in [0, 0.1) is 0 Å². The second kappa shape index (κ2) is 9.94. The van der Waals surface area contributed by atoms with E-state index in [2.05, 4.69) is 17.3 Å². The summed E-state index contributed by atoms with van der Waals surface area (Å²) in [6.45, 7) is 4.50. The van der Waals surface area contributed by atoms with Crippen molar-refractivity contribution >= 4 is 17.5 Å². The molecule has 7 nitrogen and oxygen atoms in total. The van der Waals surface area contributed by atoms with Crippen LogP contribution in [0.5, 0.6) is 5.75 Å². The van der Waals surface area contributed by atoms with Gasteiger partial charge >= 0.3 is 0 Å². The molecule has 2 aliphatic rings. The molecule has 1 unspecified atom stereocenters. The van der Waals surface area contributed by atoms with Crippen molar-refractivity contribution in [3.8, 4) is 5.75 Å². The van der Waals surface area contributed by atoms with Crippen molar-refractivity contribution in [3.05, 3.63) is 59.7 Å². The summed E-state index contributed by atoms with van der Waals surface area (Å²) < 4.78 is 11.3. The van der Waals surface area contributed by atoms with E-state index in [0.717, 1.165) is 32.5 Å². The first-order chi connectivity index (χ1) is 15.1. The zero-order valence-corrected chi connectivity index (χ0v) is 17.9. The first-order valence-electron chi connectivity index (χ1n) is 10.8. The lowest BCUT2D eigenvalue weighted by Crippen LogP contribution is -2.47. The quantitative estimate of drug-likeness (QED) is 0.774. The summed E-state index contributed by atoms with van der Waals surface area (Å²) in [5.41, 5.74) is 1.71. The minimum atomic E-state index is -0.227. The number of benzene rings is 2. The van der Waals surface area contributed by atoms with Crippen molar-refractivity contribution in [2.24, 2.45) is 0 Å². The molecule has 4 rings (SSSR count). The topological polar surface area (TPSA) is 71.1 Å². The highest BCUT2D eigenvalue weighted by Gasteiger charge is 2.21. The third-order valence-corrected chi connectivity index (χ3v) is 5.73. The number of piperazine rings is 1. The first-order valence-corrected chi connectivity index (χ1v) is 10.8. The molecule has 7 heteroatoms. The van der Waals surface area contributed by atoms with Crippen molar-refractivity contribution < 1.29 is 19.1 Å². The van der Waals surface area contributed by atoms with Gasteiger partial charge in [-0.3, -0.25) is 9.59 Å². The lowest BCUT2D eigenvalue weighted by atomic mass is 10.1. The second-order valence-electron chi connectivity index (χ2n) is 8.10. The molecule has 31 heavy (non-hydrogen) atoms. The average Bonchev–Trinajstić information content (AvgIpc) is 3.32. The summed E-state index contributed by atoms with van der Waals surface area (Å²) >= 11 is 0. The van der Waals surface area contributed by atoms with E-state index in [-0.39, 0.29) is 17.9 Å². The summed E-state index contributed by atoms with van der Waals surface area (Å²) in [6.07, 6.45) is 2.26. The predicted molar refractivity (Wildman–Crippen MR) is 119 cm³/mol. The van der Waals surface area contributed by atoms with Gasteiger partial charge in [-0.2, -0.15) is 0 Å². The van der Waals surface area contributed by atoms with Crippen LogP contribution in [0.4, 0.5) is 5.69 Å². The van der Waals surface area contributed by atoms with E-state index < -0.39 is 0 Å². The number of rotatable bonds is 6. The van der Waals surface area contributed by atoms with E-state index in [9.17, 15) is 9.59 Å². The van der Waals surface area contributed by atoms with Crippen LogP contribution in [0.15, 0.2) is 48.5 Å². The fourth-order valence-corrected chi connectivity index (χ4v) is 3.79. The molecule has 1 N–H and O–H groups in total. The van der Waals surface area contributed by atoms with Crippen LogP contribution in [0.3, 0.4) is 0 Å². The van der Waals surface area contributed by atoms with Crippen molar-refractivity contribution in [1.29, 1.82) is 0 Å². The summed E-state index contributed by atoms with van der Waals surface area (Å²) in [6, 6.07) is 14.2. The van der Waals surface area contributed by atoms with Gasteiger partial charge in [-0.25, -0.2) is 0 Å². The van der Waals surface area contributed by atoms with Crippen molar-refractivity contribution in [1.82, 2.24) is 9.80 Å². The highest BCUT2D eigenvalue weighted by Crippen LogP contribution is 2.18. The number of hydrogen-bond donors (Lipinski definition) is 1. The summed E-state index contributed by atoms with van der Waals surface area (Å²) in [7, 11) is 2.06. The fourth-order valence-electron chi connectivity index (χ4n) is 3.79. The van der Waals surface area contributed by atoms with E-state index in [1.807, 2.05) is 4.90 Å². The Morgan fingerprint density at radius 2 is 1.84 bits per heavy atom. The average molecular weight is 424 g/mol. The number of ether oxygens (including phenoxy) is 2. The number of nitrogens with zero attached hydrogens (tertiary/aromatic N) is 2. The van der Waals surface area contributed by atoms with Crippen molar-refractivity contribution in [2.75, 3.05) is 51.8 Å². The maximum absolute atomic E-state index is 12.8. The number of amides is 2. The Balaban J connectivity index is 1.33. The van der Waals surface area contributed by atoms with Crippen LogP contribution in [0.1, 0.15) is 33.6 Å². The molecule has 2 aromatic carbocycles. The Morgan fingerprint density at radius 1 is 1.06 bits per heavy atom. The van der Waals surface area contributed by atoms with Gasteiger partial charge in [0, 0.05) is 49.6 Å². The van der Waals surface area contributed by atoms with Gasteiger partial charge in [0.25, 0.3) is 11.8 Å². The Bertz CT molecular complexity index is 901. The molecule has 2 saturated heterocycles. The molecule has 0 aromatic heterocycles. The van der Waals surface area contributed by atoms with Gasteiger partial charge in [0.15, 0.2) is 0 Å². The molecule has 0 bridgehead atoms. The van der Waals surface area contributed by atoms with Crippen LogP contribution in [-0.4, -0.2) is 74.2 Å². The van der Waals surface area contributed by atoms with E-state index >= 15 is 0 Å². The minimum Gasteiger partial charge on any atom is -0.491 e. The van der Waals surface area contributed by atoms with Crippen LogP contribution >= 0.6 is 0 Å². The van der Waals surface area contributed by atoms with Crippen LogP contribution in [0.25, 0.3) is 0 Å². The van der Waals surface area contributed by atoms with E-state index in [0.29, 0.717) is 42.3 Å². The Labute approximate surface area is 182 Å². The normalized spacial score (nSPS) is 19.3. The van der Waals surface area contributed by atoms with E-state index in [4.69, 9.17) is 9.47 Å². The maximum Gasteiger partial charge on any atom is 0.255 e. The van der Waals surface area contributed by atoms with Gasteiger partial charge in [-0.1, -0.05) is 6.07 Å². The monoisotopic (exact) mass is 423 g/mol. The second-order valence-corrected chi connectivity index (χ2v) is 8.10. The molecule has 2 aromatic rings. The third-order valence-electron chi connectivity index (χ3n) is 5.73. The molecular weight excluding hydrogens is 394 g/mol. The van der Waals surface area contributed by atoms with Gasteiger partial charge in [0.2, 0.25) is 0 Å². The molecule has 1 atom stereocenters. The number of carbonyl (C=O) groups excluding carboxylic acids is 2. The molecule has 164 valence electrons. The lowest BCUT2D eigenvalue weighted by Gasteiger charge is -2.32. The Hall–Kier alpha value is -2.90. The first kappa shape index (κ1) is 21.3. The smallest absolute Gasteiger partial charge is 0.255 e. The number of likely N-dealkylation sites (N-methyl/N-ethyl adjacent to an activating group) is 1. The number of anilines is 1. The van der Waals surface area contributed by atoms with Crippen LogP contribution < -0.4 is 10.1 Å². The zero-order chi connectivity index (χ0) is 21.6. The maximum atomic E-state index is 12.8. The molecule has 0 radical (unpaired) electrons. The van der Waals surface area contributed by atoms with Gasteiger partial charge in [-0.05, 0) is 62.4 Å². The number of carbonyl (C=O) groups is 2. The third kappa shape index (κ3) is 5.62. The number of hydrogen-bond acceptors (Lipinski definition) is 5. The largest absolute Gasteiger partial charge is 0.491 e. The van der Waals surface area contributed by atoms with Crippen LogP contribution in [0.2, 0.25) is 0 Å². The molecular formula is C24H29N3O4. The van der Waals surface area contributed by atoms with E-state index in [1.165, 1.54) is 0 Å². The molecule has 2 amide bonds. The van der Waals surface area contributed by atoms with Crippen molar-refractivity contribution in [2.45, 2.75) is 18.9 Å². The van der Waals surface area contributed by atoms with Gasteiger partial charge in [0.1, 0.15) is 12.4 Å². The van der Waals surface area contributed by atoms with E-state index in [1.54, 1.807) is 48.5 Å². The summed E-state index contributed by atoms with van der Waals surface area (Å²) in [5, 5.41) is 2.88. The molecule has 0 spiro atoms. The lowest BCUT2D eigenvalue weighted by molar-refractivity contribution is 0.0664. The zero-order valence-electron chi connectivity index (χ0n) is 17.9. The Morgan fingerprint density at radius 3 is 2.55 bits per heavy atom. The standard InChI is InChI=1S/C24H29N3O4/c1-26-11-13-27(14-12-26)24(29)19-4-2-5-20(16-19)25-23(28)18-7-9-21(10-8-18)31-17-22-6-3-15-30-22/h2,4-5,7-10,16,22H,3,6,11-15,17H2,1H3,(H,25,28). The molecule has 0 aliphatic carbocycles. The Kier molecular flexibility index (Phi) is 6.84.